The molecule has 0 saturated heterocycles. The fourth-order valence-corrected chi connectivity index (χ4v) is 3.14. The van der Waals surface area contributed by atoms with Gasteiger partial charge in [0.2, 0.25) is 10.0 Å². The first-order chi connectivity index (χ1) is 9.55. The van der Waals surface area contributed by atoms with Crippen molar-refractivity contribution in [2.45, 2.75) is 17.2 Å². The van der Waals surface area contributed by atoms with E-state index in [-0.39, 0.29) is 4.90 Å². The zero-order valence-corrected chi connectivity index (χ0v) is 10.8. The Bertz CT molecular complexity index is 716. The Labute approximate surface area is 116 Å². The highest BCUT2D eigenvalue weighted by atomic mass is 32.2. The van der Waals surface area contributed by atoms with Crippen LogP contribution in [0.2, 0.25) is 0 Å². The number of halogens is 3. The molecule has 0 aliphatic carbocycles. The lowest BCUT2D eigenvalue weighted by molar-refractivity contribution is -0.172. The summed E-state index contributed by atoms with van der Waals surface area (Å²) in [5.74, 6) is -4.42. The molecule has 1 aromatic carbocycles. The number of aliphatic carboxylic acids is 1. The van der Waals surface area contributed by atoms with Crippen molar-refractivity contribution in [1.82, 2.24) is 4.72 Å². The second-order valence-electron chi connectivity index (χ2n) is 4.00. The molecule has 1 heterocycles. The second kappa shape index (κ2) is 4.70. The number of carboxylic acid groups (broad SMARTS) is 1. The van der Waals surface area contributed by atoms with Gasteiger partial charge in [0.05, 0.1) is 5.69 Å². The van der Waals surface area contributed by atoms with Crippen molar-refractivity contribution >= 4 is 27.6 Å². The monoisotopic (exact) mass is 324 g/mol. The van der Waals surface area contributed by atoms with Crippen LogP contribution in [0.4, 0.5) is 18.9 Å². The van der Waals surface area contributed by atoms with E-state index < -0.39 is 44.8 Å². The number of nitrogens with one attached hydrogen (secondary N) is 1. The summed E-state index contributed by atoms with van der Waals surface area (Å²) in [5, 5.41) is 8.89. The maximum atomic E-state index is 12.6. The highest BCUT2D eigenvalue weighted by molar-refractivity contribution is 7.89. The second-order valence-corrected chi connectivity index (χ2v) is 5.69. The van der Waals surface area contributed by atoms with Crippen LogP contribution in [0.5, 0.6) is 0 Å². The molecule has 2 N–H and O–H groups in total. The molecule has 11 heteroatoms. The maximum absolute atomic E-state index is 12.6. The Morgan fingerprint density at radius 2 is 1.81 bits per heavy atom. The molecular weight excluding hydrogens is 317 g/mol. The molecule has 0 fully saturated rings. The number of anilines is 1. The van der Waals surface area contributed by atoms with Crippen LogP contribution in [-0.2, 0) is 19.6 Å². The summed E-state index contributed by atoms with van der Waals surface area (Å²) in [7, 11) is -4.34. The first-order valence-electron chi connectivity index (χ1n) is 5.30. The number of carbonyl (C=O) groups excluding carboxylic acids is 1. The van der Waals surface area contributed by atoms with Gasteiger partial charge in [0.25, 0.3) is 0 Å². The molecular formula is C10H7F3N2O5S. The van der Waals surface area contributed by atoms with Crippen molar-refractivity contribution in [3.05, 3.63) is 24.3 Å². The number of hydrogen-bond acceptors (Lipinski definition) is 4. The molecule has 1 amide bonds. The Morgan fingerprint density at radius 3 is 2.33 bits per heavy atom. The molecule has 1 unspecified atom stereocenters. The molecule has 0 bridgehead atoms. The van der Waals surface area contributed by atoms with Gasteiger partial charge in [0.15, 0.2) is 6.17 Å². The standard InChI is InChI=1S/C10H7F3N2O5S/c11-10(12,13)9(18)15-5-3-1-2-4-6(5)21(19,20)14-7(15)8(16)17/h1-4,7,14H,(H,16,17). The molecule has 2 rings (SSSR count). The van der Waals surface area contributed by atoms with Crippen LogP contribution in [-0.4, -0.2) is 37.7 Å². The first-order valence-corrected chi connectivity index (χ1v) is 6.78. The maximum Gasteiger partial charge on any atom is 0.471 e. The third-order valence-corrected chi connectivity index (χ3v) is 4.09. The minimum atomic E-state index is -5.36. The van der Waals surface area contributed by atoms with Gasteiger partial charge in [-0.05, 0) is 12.1 Å². The van der Waals surface area contributed by atoms with E-state index in [0.29, 0.717) is 0 Å². The predicted octanol–water partition coefficient (Wildman–Crippen LogP) is 0.284. The van der Waals surface area contributed by atoms with Crippen LogP contribution in [0.15, 0.2) is 29.2 Å². The number of rotatable bonds is 1. The number of fused-ring (bicyclic) bond motifs is 1. The third kappa shape index (κ3) is 2.56. The summed E-state index contributed by atoms with van der Waals surface area (Å²) < 4.78 is 62.9. The number of para-hydroxylation sites is 1. The molecule has 0 aromatic heterocycles. The van der Waals surface area contributed by atoms with Crippen LogP contribution >= 0.6 is 0 Å². The molecule has 21 heavy (non-hydrogen) atoms. The summed E-state index contributed by atoms with van der Waals surface area (Å²) in [6.45, 7) is 0. The summed E-state index contributed by atoms with van der Waals surface area (Å²) >= 11 is 0. The zero-order valence-electron chi connectivity index (χ0n) is 9.96. The lowest BCUT2D eigenvalue weighted by atomic mass is 10.2. The van der Waals surface area contributed by atoms with Crippen LogP contribution in [0.25, 0.3) is 0 Å². The Hall–Kier alpha value is -2.14. The van der Waals surface area contributed by atoms with Crippen LogP contribution in [0.1, 0.15) is 0 Å². The van der Waals surface area contributed by atoms with Crippen LogP contribution < -0.4 is 9.62 Å². The summed E-state index contributed by atoms with van der Waals surface area (Å²) in [6, 6.07) is 4.31. The van der Waals surface area contributed by atoms with E-state index in [1.165, 1.54) is 16.9 Å². The van der Waals surface area contributed by atoms with Crippen molar-refractivity contribution in [2.24, 2.45) is 0 Å². The molecule has 0 spiro atoms. The van der Waals surface area contributed by atoms with Crippen molar-refractivity contribution < 1.29 is 36.3 Å². The Balaban J connectivity index is 2.70. The SMILES string of the molecule is O=C(O)C1NS(=O)(=O)c2ccccc2N1C(=O)C(F)(F)F. The molecule has 1 aliphatic heterocycles. The first kappa shape index (κ1) is 15.3. The lowest BCUT2D eigenvalue weighted by Crippen LogP contribution is -2.61. The zero-order chi connectivity index (χ0) is 16.0. The number of alkyl halides is 3. The van der Waals surface area contributed by atoms with E-state index in [0.717, 1.165) is 12.1 Å². The quantitative estimate of drug-likeness (QED) is 0.772. The van der Waals surface area contributed by atoms with Crippen LogP contribution in [0, 0.1) is 0 Å². The van der Waals surface area contributed by atoms with Gasteiger partial charge in [0.1, 0.15) is 4.90 Å². The largest absolute Gasteiger partial charge is 0.479 e. The van der Waals surface area contributed by atoms with E-state index in [2.05, 4.69) is 0 Å². The van der Waals surface area contributed by atoms with Gasteiger partial charge in [-0.15, -0.1) is 0 Å². The average Bonchev–Trinajstić information content (AvgIpc) is 2.36. The topological polar surface area (TPSA) is 104 Å². The van der Waals surface area contributed by atoms with Gasteiger partial charge < -0.3 is 5.11 Å². The number of sulfonamides is 1. The van der Waals surface area contributed by atoms with Crippen molar-refractivity contribution in [3.63, 3.8) is 0 Å². The Kier molecular flexibility index (Phi) is 3.41. The van der Waals surface area contributed by atoms with Gasteiger partial charge in [-0.2, -0.15) is 17.9 Å². The summed E-state index contributed by atoms with van der Waals surface area (Å²) in [5.41, 5.74) is -0.647. The fourth-order valence-electron chi connectivity index (χ4n) is 1.81. The van der Waals surface area contributed by atoms with E-state index in [9.17, 15) is 31.2 Å². The molecule has 7 nitrogen and oxygen atoms in total. The fraction of sp³-hybridized carbons (Fsp3) is 0.200. The predicted molar refractivity (Wildman–Crippen MR) is 61.7 cm³/mol. The minimum Gasteiger partial charge on any atom is -0.479 e. The number of benzene rings is 1. The molecule has 0 saturated carbocycles. The molecule has 1 aliphatic rings. The molecule has 0 radical (unpaired) electrons. The summed E-state index contributed by atoms with van der Waals surface area (Å²) in [6.07, 6.45) is -7.73. The molecule has 114 valence electrons. The van der Waals surface area contributed by atoms with E-state index >= 15 is 0 Å². The number of nitrogens with zero attached hydrogens (tertiary/aromatic N) is 1. The van der Waals surface area contributed by atoms with Crippen LogP contribution in [0.3, 0.4) is 0 Å². The van der Waals surface area contributed by atoms with Gasteiger partial charge in [-0.1, -0.05) is 12.1 Å². The van der Waals surface area contributed by atoms with Crippen molar-refractivity contribution in [1.29, 1.82) is 0 Å². The minimum absolute atomic E-state index is 0.140. The normalized spacial score (nSPS) is 20.7. The van der Waals surface area contributed by atoms with E-state index in [4.69, 9.17) is 5.11 Å². The number of hydrogen-bond donors (Lipinski definition) is 2. The third-order valence-electron chi connectivity index (χ3n) is 2.63. The smallest absolute Gasteiger partial charge is 0.471 e. The number of carbonyl (C=O) groups is 2. The lowest BCUT2D eigenvalue weighted by Gasteiger charge is -2.34. The summed E-state index contributed by atoms with van der Waals surface area (Å²) in [4.78, 5) is 21.7. The van der Waals surface area contributed by atoms with E-state index in [1.807, 2.05) is 0 Å². The van der Waals surface area contributed by atoms with Gasteiger partial charge in [0, 0.05) is 0 Å². The van der Waals surface area contributed by atoms with Gasteiger partial charge in [-0.3, -0.25) is 9.69 Å². The number of carboxylic acids is 1. The van der Waals surface area contributed by atoms with Gasteiger partial charge >= 0.3 is 18.1 Å². The molecule has 1 atom stereocenters. The Morgan fingerprint density at radius 1 is 1.24 bits per heavy atom. The highest BCUT2D eigenvalue weighted by Crippen LogP contribution is 2.34. The molecule has 1 aromatic rings. The number of amides is 1. The van der Waals surface area contributed by atoms with E-state index in [1.54, 1.807) is 0 Å². The average molecular weight is 324 g/mol. The van der Waals surface area contributed by atoms with Crippen molar-refractivity contribution in [3.8, 4) is 0 Å². The highest BCUT2D eigenvalue weighted by Gasteiger charge is 2.51. The van der Waals surface area contributed by atoms with Crippen molar-refractivity contribution in [2.75, 3.05) is 4.90 Å². The van der Waals surface area contributed by atoms with Gasteiger partial charge in [-0.25, -0.2) is 13.2 Å².